The maximum atomic E-state index is 5.58. The monoisotopic (exact) mass is 476 g/mol. The Balaban J connectivity index is 1.52. The number of hydrogen-bond donors (Lipinski definition) is 0. The molecule has 3 aromatic heterocycles. The van der Waals surface area contributed by atoms with E-state index in [4.69, 9.17) is 19.4 Å². The van der Waals surface area contributed by atoms with Crippen LogP contribution in [0.5, 0.6) is 5.75 Å². The van der Waals surface area contributed by atoms with Crippen molar-refractivity contribution in [1.29, 1.82) is 0 Å². The number of hydrogen-bond acceptors (Lipinski definition) is 9. The second kappa shape index (κ2) is 9.90. The van der Waals surface area contributed by atoms with Gasteiger partial charge in [-0.1, -0.05) is 6.92 Å². The number of aryl methyl sites for hydroxylation is 1. The Morgan fingerprint density at radius 2 is 1.88 bits per heavy atom. The summed E-state index contributed by atoms with van der Waals surface area (Å²) in [6, 6.07) is 12.0. The number of anilines is 2. The van der Waals surface area contributed by atoms with Gasteiger partial charge < -0.3 is 19.3 Å². The van der Waals surface area contributed by atoms with Crippen molar-refractivity contribution in [1.82, 2.24) is 19.9 Å². The molecule has 4 aromatic rings. The van der Waals surface area contributed by atoms with Gasteiger partial charge in [-0.3, -0.25) is 0 Å². The fourth-order valence-corrected chi connectivity index (χ4v) is 5.14. The van der Waals surface area contributed by atoms with Crippen LogP contribution in [0.2, 0.25) is 0 Å². The number of rotatable bonds is 7. The Morgan fingerprint density at radius 1 is 1.09 bits per heavy atom. The molecule has 176 valence electrons. The van der Waals surface area contributed by atoms with Gasteiger partial charge in [0, 0.05) is 42.5 Å². The summed E-state index contributed by atoms with van der Waals surface area (Å²) in [5.41, 5.74) is 2.96. The summed E-state index contributed by atoms with van der Waals surface area (Å²) in [5.74, 6) is 3.24. The first-order valence-corrected chi connectivity index (χ1v) is 12.3. The van der Waals surface area contributed by atoms with Gasteiger partial charge in [0.2, 0.25) is 5.95 Å². The molecule has 0 radical (unpaired) electrons. The molecule has 0 amide bonds. The van der Waals surface area contributed by atoms with E-state index in [0.717, 1.165) is 58.5 Å². The predicted octanol–water partition coefficient (Wildman–Crippen LogP) is 4.19. The zero-order chi connectivity index (χ0) is 23.5. The number of nitrogens with zero attached hydrogens (tertiary/aromatic N) is 6. The number of morpholine rings is 1. The van der Waals surface area contributed by atoms with Gasteiger partial charge in [0.15, 0.2) is 11.6 Å². The van der Waals surface area contributed by atoms with Gasteiger partial charge in [-0.2, -0.15) is 0 Å². The number of methoxy groups -OCH3 is 1. The zero-order valence-corrected chi connectivity index (χ0v) is 20.5. The molecule has 5 rings (SSSR count). The van der Waals surface area contributed by atoms with Gasteiger partial charge in [0.05, 0.1) is 37.1 Å². The highest BCUT2D eigenvalue weighted by atomic mass is 32.1. The standard InChI is InChI=1S/C25H28N6O2S/c1-4-18-9-10-26-25(27-18)30(2)16-20-15-21-22(34-20)24(31-11-13-33-14-12-31)29-23(28-21)17-5-7-19(32-3)8-6-17/h5-10,15H,4,11-14,16H2,1-3H3. The van der Waals surface area contributed by atoms with Crippen LogP contribution in [0.25, 0.3) is 21.6 Å². The van der Waals surface area contributed by atoms with Gasteiger partial charge in [-0.25, -0.2) is 19.9 Å². The van der Waals surface area contributed by atoms with Crippen molar-refractivity contribution in [3.05, 3.63) is 53.2 Å². The summed E-state index contributed by atoms with van der Waals surface area (Å²) in [5, 5.41) is 0. The highest BCUT2D eigenvalue weighted by Crippen LogP contribution is 2.35. The normalized spacial score (nSPS) is 13.9. The van der Waals surface area contributed by atoms with Gasteiger partial charge in [-0.05, 0) is 42.8 Å². The van der Waals surface area contributed by atoms with Crippen LogP contribution >= 0.6 is 11.3 Å². The van der Waals surface area contributed by atoms with Crippen LogP contribution in [0.3, 0.4) is 0 Å². The van der Waals surface area contributed by atoms with Crippen molar-refractivity contribution in [3.63, 3.8) is 0 Å². The summed E-state index contributed by atoms with van der Waals surface area (Å²) >= 11 is 1.74. The van der Waals surface area contributed by atoms with Gasteiger partial charge in [-0.15, -0.1) is 11.3 Å². The molecule has 1 aliphatic heterocycles. The topological polar surface area (TPSA) is 76.5 Å². The van der Waals surface area contributed by atoms with E-state index in [1.807, 2.05) is 43.6 Å². The fourth-order valence-electron chi connectivity index (χ4n) is 3.97. The molecule has 9 heteroatoms. The second-order valence-corrected chi connectivity index (χ2v) is 9.32. The first-order valence-electron chi connectivity index (χ1n) is 11.4. The third-order valence-electron chi connectivity index (χ3n) is 5.86. The smallest absolute Gasteiger partial charge is 0.225 e. The molecule has 0 unspecified atom stereocenters. The minimum atomic E-state index is 0.703. The summed E-state index contributed by atoms with van der Waals surface area (Å²) in [4.78, 5) is 24.6. The SMILES string of the molecule is CCc1ccnc(N(C)Cc2cc3nc(-c4ccc(OC)cc4)nc(N4CCOCC4)c3s2)n1. The lowest BCUT2D eigenvalue weighted by molar-refractivity contribution is 0.122. The van der Waals surface area contributed by atoms with Crippen molar-refractivity contribution >= 4 is 33.3 Å². The van der Waals surface area contributed by atoms with Crippen LogP contribution in [0, 0.1) is 0 Å². The van der Waals surface area contributed by atoms with Crippen LogP contribution in [0.4, 0.5) is 11.8 Å². The molecular formula is C25H28N6O2S. The minimum Gasteiger partial charge on any atom is -0.497 e. The molecule has 34 heavy (non-hydrogen) atoms. The van der Waals surface area contributed by atoms with E-state index in [9.17, 15) is 0 Å². The van der Waals surface area contributed by atoms with Crippen molar-refractivity contribution in [3.8, 4) is 17.1 Å². The fraction of sp³-hybridized carbons (Fsp3) is 0.360. The van der Waals surface area contributed by atoms with Crippen molar-refractivity contribution in [2.75, 3.05) is 50.3 Å². The number of ether oxygens (including phenoxy) is 2. The van der Waals surface area contributed by atoms with E-state index in [1.165, 1.54) is 4.88 Å². The van der Waals surface area contributed by atoms with Gasteiger partial charge >= 0.3 is 0 Å². The van der Waals surface area contributed by atoms with Gasteiger partial charge in [0.1, 0.15) is 5.75 Å². The molecule has 1 saturated heterocycles. The predicted molar refractivity (Wildman–Crippen MR) is 136 cm³/mol. The Kier molecular flexibility index (Phi) is 6.55. The lowest BCUT2D eigenvalue weighted by atomic mass is 10.2. The second-order valence-electron chi connectivity index (χ2n) is 8.18. The first kappa shape index (κ1) is 22.5. The quantitative estimate of drug-likeness (QED) is 0.393. The maximum absolute atomic E-state index is 5.58. The molecule has 0 bridgehead atoms. The van der Waals surface area contributed by atoms with Crippen molar-refractivity contribution < 1.29 is 9.47 Å². The summed E-state index contributed by atoms with van der Waals surface area (Å²) in [7, 11) is 3.69. The first-order chi connectivity index (χ1) is 16.6. The number of fused-ring (bicyclic) bond motifs is 1. The highest BCUT2D eigenvalue weighted by Gasteiger charge is 2.21. The molecular weight excluding hydrogens is 448 g/mol. The Bertz CT molecular complexity index is 1270. The van der Waals surface area contributed by atoms with E-state index in [1.54, 1.807) is 18.4 Å². The third-order valence-corrected chi connectivity index (χ3v) is 6.97. The van der Waals surface area contributed by atoms with Crippen molar-refractivity contribution in [2.24, 2.45) is 0 Å². The van der Waals surface area contributed by atoms with Crippen molar-refractivity contribution in [2.45, 2.75) is 19.9 Å². The van der Waals surface area contributed by atoms with Crippen LogP contribution in [-0.4, -0.2) is 60.4 Å². The summed E-state index contributed by atoms with van der Waals surface area (Å²) in [6.07, 6.45) is 2.71. The van der Waals surface area contributed by atoms with E-state index in [-0.39, 0.29) is 0 Å². The Morgan fingerprint density at radius 3 is 2.62 bits per heavy atom. The molecule has 1 fully saturated rings. The maximum Gasteiger partial charge on any atom is 0.225 e. The van der Waals surface area contributed by atoms with E-state index in [2.05, 4.69) is 32.8 Å². The number of thiophene rings is 1. The Hall–Kier alpha value is -3.30. The molecule has 4 heterocycles. The number of benzene rings is 1. The number of aromatic nitrogens is 4. The van der Waals surface area contributed by atoms with E-state index in [0.29, 0.717) is 25.6 Å². The molecule has 1 aliphatic rings. The van der Waals surface area contributed by atoms with Crippen LogP contribution in [-0.2, 0) is 17.7 Å². The molecule has 0 N–H and O–H groups in total. The Labute approximate surface area is 203 Å². The highest BCUT2D eigenvalue weighted by molar-refractivity contribution is 7.19. The van der Waals surface area contributed by atoms with Crippen LogP contribution in [0.15, 0.2) is 42.6 Å². The molecule has 1 aromatic carbocycles. The molecule has 0 saturated carbocycles. The lowest BCUT2D eigenvalue weighted by Crippen LogP contribution is -2.36. The largest absolute Gasteiger partial charge is 0.497 e. The van der Waals surface area contributed by atoms with E-state index < -0.39 is 0 Å². The third kappa shape index (κ3) is 4.67. The van der Waals surface area contributed by atoms with Gasteiger partial charge in [0.25, 0.3) is 0 Å². The summed E-state index contributed by atoms with van der Waals surface area (Å²) in [6.45, 7) is 5.85. The lowest BCUT2D eigenvalue weighted by Gasteiger charge is -2.28. The molecule has 0 atom stereocenters. The van der Waals surface area contributed by atoms with Crippen LogP contribution < -0.4 is 14.5 Å². The van der Waals surface area contributed by atoms with Crippen LogP contribution in [0.1, 0.15) is 17.5 Å². The van der Waals surface area contributed by atoms with E-state index >= 15 is 0 Å². The zero-order valence-electron chi connectivity index (χ0n) is 19.7. The average molecular weight is 477 g/mol. The average Bonchev–Trinajstić information content (AvgIpc) is 3.31. The molecule has 8 nitrogen and oxygen atoms in total. The summed E-state index contributed by atoms with van der Waals surface area (Å²) < 4.78 is 12.0. The molecule has 0 spiro atoms. The minimum absolute atomic E-state index is 0.703. The molecule has 0 aliphatic carbocycles.